The molecule has 0 fully saturated rings. The molecule has 20 heavy (non-hydrogen) atoms. The van der Waals surface area contributed by atoms with Crippen molar-refractivity contribution in [3.63, 3.8) is 0 Å². The number of carboxylic acid groups (broad SMARTS) is 1. The van der Waals surface area contributed by atoms with Gasteiger partial charge in [0.2, 0.25) is 5.91 Å². The van der Waals surface area contributed by atoms with Crippen LogP contribution < -0.4 is 5.32 Å². The summed E-state index contributed by atoms with van der Waals surface area (Å²) in [6.07, 6.45) is -5.62. The van der Waals surface area contributed by atoms with E-state index in [0.29, 0.717) is 6.42 Å². The number of halogens is 3. The number of nitrogens with one attached hydrogen (secondary N) is 1. The molecule has 1 rings (SSSR count). The summed E-state index contributed by atoms with van der Waals surface area (Å²) in [5, 5.41) is 11.1. The topological polar surface area (TPSA) is 66.4 Å². The van der Waals surface area contributed by atoms with E-state index in [0.717, 1.165) is 5.56 Å². The van der Waals surface area contributed by atoms with Gasteiger partial charge in [0.1, 0.15) is 0 Å². The largest absolute Gasteiger partial charge is 0.478 e. The average Bonchev–Trinajstić information content (AvgIpc) is 2.36. The van der Waals surface area contributed by atoms with Crippen LogP contribution in [-0.2, 0) is 11.2 Å². The van der Waals surface area contributed by atoms with Gasteiger partial charge >= 0.3 is 12.1 Å². The van der Waals surface area contributed by atoms with Crippen LogP contribution in [0.3, 0.4) is 0 Å². The van der Waals surface area contributed by atoms with Crippen LogP contribution in [0.15, 0.2) is 24.3 Å². The Morgan fingerprint density at radius 2 is 1.75 bits per heavy atom. The molecule has 1 amide bonds. The molecule has 0 aliphatic rings. The van der Waals surface area contributed by atoms with Crippen LogP contribution in [0.1, 0.15) is 28.8 Å². The first-order chi connectivity index (χ1) is 9.28. The second kappa shape index (κ2) is 6.93. The van der Waals surface area contributed by atoms with Gasteiger partial charge in [-0.15, -0.1) is 0 Å². The van der Waals surface area contributed by atoms with Gasteiger partial charge in [-0.2, -0.15) is 13.2 Å². The molecule has 110 valence electrons. The molecule has 1 aromatic rings. The molecule has 0 aliphatic heterocycles. The third-order valence-corrected chi connectivity index (χ3v) is 2.57. The summed E-state index contributed by atoms with van der Waals surface area (Å²) >= 11 is 0. The number of benzene rings is 1. The second-order valence-corrected chi connectivity index (χ2v) is 4.22. The fourth-order valence-electron chi connectivity index (χ4n) is 1.50. The van der Waals surface area contributed by atoms with Gasteiger partial charge in [-0.1, -0.05) is 12.1 Å². The molecule has 4 nitrogen and oxygen atoms in total. The minimum absolute atomic E-state index is 0.156. The third kappa shape index (κ3) is 6.21. The van der Waals surface area contributed by atoms with Gasteiger partial charge in [0.05, 0.1) is 12.0 Å². The standard InChI is InChI=1S/C13H14F3NO3/c14-13(15,16)7-5-11(18)17-8-6-9-1-3-10(4-2-9)12(19)20/h1-4H,5-8H2,(H,17,18)(H,19,20). The van der Waals surface area contributed by atoms with Crippen LogP contribution in [0.5, 0.6) is 0 Å². The predicted molar refractivity (Wildman–Crippen MR) is 65.4 cm³/mol. The number of alkyl halides is 3. The quantitative estimate of drug-likeness (QED) is 0.845. The van der Waals surface area contributed by atoms with Crippen LogP contribution >= 0.6 is 0 Å². The van der Waals surface area contributed by atoms with Crippen LogP contribution in [0.2, 0.25) is 0 Å². The van der Waals surface area contributed by atoms with E-state index in [-0.39, 0.29) is 12.1 Å². The molecular weight excluding hydrogens is 275 g/mol. The van der Waals surface area contributed by atoms with Crippen molar-refractivity contribution in [1.82, 2.24) is 5.32 Å². The summed E-state index contributed by atoms with van der Waals surface area (Å²) in [7, 11) is 0. The van der Waals surface area contributed by atoms with Crippen LogP contribution in [0, 0.1) is 0 Å². The van der Waals surface area contributed by atoms with Gasteiger partial charge in [-0.3, -0.25) is 4.79 Å². The maximum Gasteiger partial charge on any atom is 0.389 e. The van der Waals surface area contributed by atoms with Crippen molar-refractivity contribution in [3.05, 3.63) is 35.4 Å². The highest BCUT2D eigenvalue weighted by Crippen LogP contribution is 2.20. The highest BCUT2D eigenvalue weighted by Gasteiger charge is 2.27. The van der Waals surface area contributed by atoms with Gasteiger partial charge in [0, 0.05) is 13.0 Å². The molecule has 0 bridgehead atoms. The lowest BCUT2D eigenvalue weighted by Gasteiger charge is -2.07. The SMILES string of the molecule is O=C(CCC(F)(F)F)NCCc1ccc(C(=O)O)cc1. The van der Waals surface area contributed by atoms with Crippen molar-refractivity contribution in [2.75, 3.05) is 6.54 Å². The first kappa shape index (κ1) is 16.0. The lowest BCUT2D eigenvalue weighted by molar-refractivity contribution is -0.144. The molecule has 0 aromatic heterocycles. The zero-order valence-corrected chi connectivity index (χ0v) is 10.5. The lowest BCUT2D eigenvalue weighted by atomic mass is 10.1. The Balaban J connectivity index is 2.30. The van der Waals surface area contributed by atoms with Crippen LogP contribution in [0.4, 0.5) is 13.2 Å². The summed E-state index contributed by atoms with van der Waals surface area (Å²) in [5.41, 5.74) is 0.953. The van der Waals surface area contributed by atoms with Crippen LogP contribution in [-0.4, -0.2) is 29.7 Å². The molecule has 0 radical (unpaired) electrons. The van der Waals surface area contributed by atoms with Crippen molar-refractivity contribution in [2.45, 2.75) is 25.4 Å². The molecule has 2 N–H and O–H groups in total. The predicted octanol–water partition coefficient (Wildman–Crippen LogP) is 2.39. The molecular formula is C13H14F3NO3. The van der Waals surface area contributed by atoms with E-state index < -0.39 is 30.9 Å². The Bertz CT molecular complexity index is 469. The molecule has 0 unspecified atom stereocenters. The molecule has 0 saturated heterocycles. The van der Waals surface area contributed by atoms with E-state index >= 15 is 0 Å². The van der Waals surface area contributed by atoms with Gasteiger partial charge in [-0.05, 0) is 24.1 Å². The summed E-state index contributed by atoms with van der Waals surface area (Å²) in [4.78, 5) is 21.8. The number of aromatic carboxylic acids is 1. The number of hydrogen-bond donors (Lipinski definition) is 2. The molecule has 0 spiro atoms. The van der Waals surface area contributed by atoms with Gasteiger partial charge in [0.25, 0.3) is 0 Å². The molecule has 7 heteroatoms. The number of carbonyl (C=O) groups is 2. The molecule has 0 aliphatic carbocycles. The molecule has 0 atom stereocenters. The molecule has 1 aromatic carbocycles. The minimum atomic E-state index is -4.33. The van der Waals surface area contributed by atoms with Gasteiger partial charge < -0.3 is 10.4 Å². The number of carboxylic acids is 1. The van der Waals surface area contributed by atoms with E-state index in [4.69, 9.17) is 5.11 Å². The Hall–Kier alpha value is -2.05. The van der Waals surface area contributed by atoms with E-state index in [2.05, 4.69) is 5.32 Å². The van der Waals surface area contributed by atoms with Gasteiger partial charge in [-0.25, -0.2) is 4.79 Å². The number of rotatable bonds is 6. The fourth-order valence-corrected chi connectivity index (χ4v) is 1.50. The lowest BCUT2D eigenvalue weighted by Crippen LogP contribution is -2.26. The van der Waals surface area contributed by atoms with E-state index in [1.807, 2.05) is 0 Å². The zero-order chi connectivity index (χ0) is 15.2. The maximum absolute atomic E-state index is 11.9. The van der Waals surface area contributed by atoms with Crippen molar-refractivity contribution in [3.8, 4) is 0 Å². The van der Waals surface area contributed by atoms with E-state index in [1.54, 1.807) is 12.1 Å². The van der Waals surface area contributed by atoms with Gasteiger partial charge in [0.15, 0.2) is 0 Å². The Kier molecular flexibility index (Phi) is 5.54. The Labute approximate surface area is 113 Å². The normalized spacial score (nSPS) is 11.2. The summed E-state index contributed by atoms with van der Waals surface area (Å²) < 4.78 is 35.6. The first-order valence-corrected chi connectivity index (χ1v) is 5.93. The first-order valence-electron chi connectivity index (χ1n) is 5.93. The maximum atomic E-state index is 11.9. The number of hydrogen-bond acceptors (Lipinski definition) is 2. The highest BCUT2D eigenvalue weighted by atomic mass is 19.4. The molecule has 0 saturated carbocycles. The second-order valence-electron chi connectivity index (χ2n) is 4.22. The fraction of sp³-hybridized carbons (Fsp3) is 0.385. The van der Waals surface area contributed by atoms with E-state index in [9.17, 15) is 22.8 Å². The van der Waals surface area contributed by atoms with Crippen molar-refractivity contribution < 1.29 is 27.9 Å². The third-order valence-electron chi connectivity index (χ3n) is 2.57. The highest BCUT2D eigenvalue weighted by molar-refractivity contribution is 5.87. The smallest absolute Gasteiger partial charge is 0.389 e. The zero-order valence-electron chi connectivity index (χ0n) is 10.5. The molecule has 0 heterocycles. The summed E-state index contributed by atoms with van der Waals surface area (Å²) in [6.45, 7) is 0.211. The van der Waals surface area contributed by atoms with Crippen molar-refractivity contribution >= 4 is 11.9 Å². The minimum Gasteiger partial charge on any atom is -0.478 e. The summed E-state index contributed by atoms with van der Waals surface area (Å²) in [6, 6.07) is 6.07. The average molecular weight is 289 g/mol. The Morgan fingerprint density at radius 3 is 2.25 bits per heavy atom. The monoisotopic (exact) mass is 289 g/mol. The van der Waals surface area contributed by atoms with Crippen LogP contribution in [0.25, 0.3) is 0 Å². The van der Waals surface area contributed by atoms with Crippen molar-refractivity contribution in [1.29, 1.82) is 0 Å². The number of amides is 1. The summed E-state index contributed by atoms with van der Waals surface area (Å²) in [5.74, 6) is -1.68. The van der Waals surface area contributed by atoms with E-state index in [1.165, 1.54) is 12.1 Å². The van der Waals surface area contributed by atoms with Crippen molar-refractivity contribution in [2.24, 2.45) is 0 Å². The Morgan fingerprint density at radius 1 is 1.15 bits per heavy atom. The number of carbonyl (C=O) groups excluding carboxylic acids is 1.